The largest absolute Gasteiger partial charge is 0.491 e. The van der Waals surface area contributed by atoms with E-state index in [9.17, 15) is 4.79 Å². The monoisotopic (exact) mass is 346 g/mol. The van der Waals surface area contributed by atoms with Gasteiger partial charge in [0.2, 0.25) is 5.91 Å². The normalized spacial score (nSPS) is 12.4. The van der Waals surface area contributed by atoms with Crippen molar-refractivity contribution in [1.29, 1.82) is 0 Å². The van der Waals surface area contributed by atoms with Crippen LogP contribution in [-0.2, 0) is 4.79 Å². The third kappa shape index (κ3) is 6.04. The molecule has 0 aliphatic heterocycles. The quantitative estimate of drug-likeness (QED) is 0.814. The molecule has 1 aromatic carbocycles. The van der Waals surface area contributed by atoms with Gasteiger partial charge in [-0.1, -0.05) is 17.4 Å². The SMILES string of the molecule is CC(=O)NC(C)/C=C/c1cnc(Oc2ccc(OC(C)C)cc2)s1. The molecule has 0 bridgehead atoms. The number of benzene rings is 1. The molecule has 1 unspecified atom stereocenters. The van der Waals surface area contributed by atoms with Crippen molar-refractivity contribution < 1.29 is 14.3 Å². The van der Waals surface area contributed by atoms with Crippen LogP contribution in [-0.4, -0.2) is 23.0 Å². The number of ether oxygens (including phenoxy) is 2. The summed E-state index contributed by atoms with van der Waals surface area (Å²) < 4.78 is 11.3. The van der Waals surface area contributed by atoms with Gasteiger partial charge in [-0.25, -0.2) is 4.98 Å². The summed E-state index contributed by atoms with van der Waals surface area (Å²) in [5.41, 5.74) is 0. The molecule has 1 aromatic heterocycles. The Morgan fingerprint density at radius 3 is 2.50 bits per heavy atom. The van der Waals surface area contributed by atoms with E-state index in [0.29, 0.717) is 10.9 Å². The maximum atomic E-state index is 11.0. The molecule has 24 heavy (non-hydrogen) atoms. The van der Waals surface area contributed by atoms with Gasteiger partial charge in [-0.2, -0.15) is 0 Å². The number of hydrogen-bond donors (Lipinski definition) is 1. The van der Waals surface area contributed by atoms with Crippen LogP contribution in [0, 0.1) is 0 Å². The van der Waals surface area contributed by atoms with Crippen molar-refractivity contribution in [2.24, 2.45) is 0 Å². The van der Waals surface area contributed by atoms with Gasteiger partial charge in [0.25, 0.3) is 5.19 Å². The predicted octanol–water partition coefficient (Wildman–Crippen LogP) is 4.26. The number of carbonyl (C=O) groups excluding carboxylic acids is 1. The van der Waals surface area contributed by atoms with Crippen LogP contribution in [0.2, 0.25) is 0 Å². The van der Waals surface area contributed by atoms with Crippen LogP contribution in [0.25, 0.3) is 6.08 Å². The van der Waals surface area contributed by atoms with Crippen molar-refractivity contribution in [2.75, 3.05) is 0 Å². The highest BCUT2D eigenvalue weighted by atomic mass is 32.1. The van der Waals surface area contributed by atoms with E-state index in [1.165, 1.54) is 18.3 Å². The molecule has 1 atom stereocenters. The third-order valence-corrected chi connectivity index (χ3v) is 3.72. The fourth-order valence-corrected chi connectivity index (χ4v) is 2.66. The minimum Gasteiger partial charge on any atom is -0.491 e. The number of thiazole rings is 1. The van der Waals surface area contributed by atoms with Crippen molar-refractivity contribution in [2.45, 2.75) is 39.8 Å². The first-order chi connectivity index (χ1) is 11.4. The van der Waals surface area contributed by atoms with E-state index in [4.69, 9.17) is 9.47 Å². The van der Waals surface area contributed by atoms with Crippen LogP contribution < -0.4 is 14.8 Å². The van der Waals surface area contributed by atoms with Gasteiger partial charge >= 0.3 is 0 Å². The molecule has 2 aromatic rings. The highest BCUT2D eigenvalue weighted by Crippen LogP contribution is 2.28. The van der Waals surface area contributed by atoms with Crippen molar-refractivity contribution in [3.8, 4) is 16.7 Å². The van der Waals surface area contributed by atoms with E-state index in [2.05, 4.69) is 10.3 Å². The third-order valence-electron chi connectivity index (χ3n) is 2.88. The smallest absolute Gasteiger partial charge is 0.279 e. The van der Waals surface area contributed by atoms with E-state index in [1.54, 1.807) is 6.20 Å². The second-order valence-corrected chi connectivity index (χ2v) is 6.64. The lowest BCUT2D eigenvalue weighted by Crippen LogP contribution is -2.28. The van der Waals surface area contributed by atoms with Crippen LogP contribution in [0.5, 0.6) is 16.7 Å². The average Bonchev–Trinajstić information content (AvgIpc) is 2.93. The topological polar surface area (TPSA) is 60.5 Å². The molecule has 6 heteroatoms. The van der Waals surface area contributed by atoms with Crippen molar-refractivity contribution >= 4 is 23.3 Å². The number of nitrogens with one attached hydrogen (secondary N) is 1. The van der Waals surface area contributed by atoms with Crippen molar-refractivity contribution in [1.82, 2.24) is 10.3 Å². The number of hydrogen-bond acceptors (Lipinski definition) is 5. The molecule has 0 fully saturated rings. The molecule has 0 radical (unpaired) electrons. The molecule has 128 valence electrons. The maximum Gasteiger partial charge on any atom is 0.279 e. The Balaban J connectivity index is 1.93. The lowest BCUT2D eigenvalue weighted by molar-refractivity contribution is -0.119. The number of aromatic nitrogens is 1. The van der Waals surface area contributed by atoms with Crippen molar-refractivity contribution in [3.63, 3.8) is 0 Å². The highest BCUT2D eigenvalue weighted by molar-refractivity contribution is 7.14. The summed E-state index contributed by atoms with van der Waals surface area (Å²) in [6, 6.07) is 7.43. The van der Waals surface area contributed by atoms with Gasteiger partial charge in [0.15, 0.2) is 0 Å². The Morgan fingerprint density at radius 2 is 1.88 bits per heavy atom. The zero-order valence-electron chi connectivity index (χ0n) is 14.3. The summed E-state index contributed by atoms with van der Waals surface area (Å²) >= 11 is 1.44. The zero-order chi connectivity index (χ0) is 17.5. The van der Waals surface area contributed by atoms with Crippen LogP contribution in [0.15, 0.2) is 36.5 Å². The number of amides is 1. The molecule has 0 aliphatic carbocycles. The van der Waals surface area contributed by atoms with Crippen LogP contribution >= 0.6 is 11.3 Å². The Kier molecular flexibility index (Phi) is 6.37. The number of nitrogens with zero attached hydrogens (tertiary/aromatic N) is 1. The zero-order valence-corrected chi connectivity index (χ0v) is 15.1. The van der Waals surface area contributed by atoms with Gasteiger partial charge in [0, 0.05) is 19.2 Å². The summed E-state index contributed by atoms with van der Waals surface area (Å²) in [6.07, 6.45) is 5.72. The fourth-order valence-electron chi connectivity index (χ4n) is 1.96. The van der Waals surface area contributed by atoms with Gasteiger partial charge in [-0.15, -0.1) is 0 Å². The van der Waals surface area contributed by atoms with Crippen molar-refractivity contribution in [3.05, 3.63) is 41.4 Å². The summed E-state index contributed by atoms with van der Waals surface area (Å²) in [7, 11) is 0. The van der Waals surface area contributed by atoms with E-state index < -0.39 is 0 Å². The first-order valence-electron chi connectivity index (χ1n) is 7.78. The van der Waals surface area contributed by atoms with E-state index in [-0.39, 0.29) is 18.1 Å². The second kappa shape index (κ2) is 8.49. The van der Waals surface area contributed by atoms with E-state index in [0.717, 1.165) is 10.6 Å². The molecule has 0 saturated heterocycles. The summed E-state index contributed by atoms with van der Waals surface area (Å²) in [4.78, 5) is 16.2. The Labute approximate surface area is 146 Å². The molecule has 0 saturated carbocycles. The lowest BCUT2D eigenvalue weighted by atomic mass is 10.3. The van der Waals surface area contributed by atoms with E-state index >= 15 is 0 Å². The van der Waals surface area contributed by atoms with Gasteiger partial charge in [-0.3, -0.25) is 4.79 Å². The fraction of sp³-hybridized carbons (Fsp3) is 0.333. The van der Waals surface area contributed by atoms with Gasteiger partial charge < -0.3 is 14.8 Å². The molecular weight excluding hydrogens is 324 g/mol. The molecule has 1 N–H and O–H groups in total. The predicted molar refractivity (Wildman–Crippen MR) is 96.7 cm³/mol. The van der Waals surface area contributed by atoms with Gasteiger partial charge in [0.1, 0.15) is 11.5 Å². The molecule has 1 heterocycles. The molecule has 2 rings (SSSR count). The van der Waals surface area contributed by atoms with Crippen LogP contribution in [0.4, 0.5) is 0 Å². The minimum atomic E-state index is -0.0506. The maximum absolute atomic E-state index is 11.0. The summed E-state index contributed by atoms with van der Waals surface area (Å²) in [5, 5.41) is 3.36. The average molecular weight is 346 g/mol. The first kappa shape index (κ1) is 18.0. The highest BCUT2D eigenvalue weighted by Gasteiger charge is 2.05. The first-order valence-corrected chi connectivity index (χ1v) is 8.59. The van der Waals surface area contributed by atoms with E-state index in [1.807, 2.05) is 57.2 Å². The summed E-state index contributed by atoms with van der Waals surface area (Å²) in [5.74, 6) is 1.47. The molecule has 5 nitrogen and oxygen atoms in total. The summed E-state index contributed by atoms with van der Waals surface area (Å²) in [6.45, 7) is 7.39. The standard InChI is InChI=1S/C18H22N2O3S/c1-12(2)22-15-6-8-16(9-7-15)23-18-19-11-17(24-18)10-5-13(3)20-14(4)21/h5-13H,1-4H3,(H,20,21)/b10-5+. The molecule has 1 amide bonds. The minimum absolute atomic E-state index is 0.0255. The Hall–Kier alpha value is -2.34. The van der Waals surface area contributed by atoms with Gasteiger partial charge in [-0.05, 0) is 51.1 Å². The Bertz CT molecular complexity index is 693. The second-order valence-electron chi connectivity index (χ2n) is 5.62. The molecule has 0 spiro atoms. The van der Waals surface area contributed by atoms with Crippen LogP contribution in [0.1, 0.15) is 32.6 Å². The lowest BCUT2D eigenvalue weighted by Gasteiger charge is -2.09. The van der Waals surface area contributed by atoms with Gasteiger partial charge in [0.05, 0.1) is 11.0 Å². The molecule has 0 aliphatic rings. The molecular formula is C18H22N2O3S. The van der Waals surface area contributed by atoms with Crippen LogP contribution in [0.3, 0.4) is 0 Å². The number of rotatable bonds is 7. The Morgan fingerprint density at radius 1 is 1.21 bits per heavy atom. The number of carbonyl (C=O) groups is 1.